The summed E-state index contributed by atoms with van der Waals surface area (Å²) in [7, 11) is -3.87. The molecule has 0 spiro atoms. The van der Waals surface area contributed by atoms with Crippen molar-refractivity contribution in [2.45, 2.75) is 11.5 Å². The number of benzene rings is 3. The summed E-state index contributed by atoms with van der Waals surface area (Å²) in [4.78, 5) is 17.0. The first kappa shape index (κ1) is 24.1. The summed E-state index contributed by atoms with van der Waals surface area (Å²) in [6.45, 7) is 0.787. The quantitative estimate of drug-likeness (QED) is 0.312. The second kappa shape index (κ2) is 10.2. The molecular weight excluding hydrogens is 524 g/mol. The fraction of sp³-hybridized carbons (Fsp3) is 0.120. The van der Waals surface area contributed by atoms with E-state index in [4.69, 9.17) is 25.8 Å². The lowest BCUT2D eigenvalue weighted by Gasteiger charge is -2.19. The molecule has 184 valence electrons. The Balaban J connectivity index is 1.19. The van der Waals surface area contributed by atoms with Crippen molar-refractivity contribution < 1.29 is 27.4 Å². The molecule has 11 heteroatoms. The van der Waals surface area contributed by atoms with Gasteiger partial charge in [0.25, 0.3) is 10.0 Å². The molecule has 1 aliphatic heterocycles. The second-order valence-electron chi connectivity index (χ2n) is 7.72. The molecular formula is C25H19ClN2O6S2. The zero-order chi connectivity index (χ0) is 25.1. The van der Waals surface area contributed by atoms with E-state index in [1.165, 1.54) is 47.7 Å². The lowest BCUT2D eigenvalue weighted by atomic mass is 10.2. The molecule has 2 heterocycles. The van der Waals surface area contributed by atoms with E-state index in [1.807, 2.05) is 17.5 Å². The van der Waals surface area contributed by atoms with Crippen LogP contribution in [0.25, 0.3) is 10.6 Å². The first-order valence-corrected chi connectivity index (χ1v) is 13.5. The van der Waals surface area contributed by atoms with Crippen LogP contribution in [0.3, 0.4) is 0 Å². The minimum Gasteiger partial charge on any atom is -0.486 e. The van der Waals surface area contributed by atoms with Crippen LogP contribution in [0.2, 0.25) is 5.02 Å². The minimum atomic E-state index is -3.87. The fourth-order valence-corrected chi connectivity index (χ4v) is 5.41. The summed E-state index contributed by atoms with van der Waals surface area (Å²) in [6.07, 6.45) is 0. The number of nitrogens with zero attached hydrogens (tertiary/aromatic N) is 1. The van der Waals surface area contributed by atoms with Gasteiger partial charge in [-0.05, 0) is 48.5 Å². The molecule has 1 aliphatic rings. The van der Waals surface area contributed by atoms with Crippen LogP contribution in [0.1, 0.15) is 16.1 Å². The largest absolute Gasteiger partial charge is 0.486 e. The van der Waals surface area contributed by atoms with Crippen molar-refractivity contribution in [2.24, 2.45) is 0 Å². The summed E-state index contributed by atoms with van der Waals surface area (Å²) in [5.41, 5.74) is 2.14. The Bertz CT molecular complexity index is 1500. The van der Waals surface area contributed by atoms with Gasteiger partial charge in [-0.3, -0.25) is 4.72 Å². The number of hydrogen-bond donors (Lipinski definition) is 1. The lowest BCUT2D eigenvalue weighted by Crippen LogP contribution is -2.17. The van der Waals surface area contributed by atoms with Gasteiger partial charge in [-0.1, -0.05) is 23.7 Å². The van der Waals surface area contributed by atoms with Gasteiger partial charge in [0, 0.05) is 27.7 Å². The van der Waals surface area contributed by atoms with Gasteiger partial charge >= 0.3 is 5.97 Å². The Morgan fingerprint density at radius 2 is 1.72 bits per heavy atom. The number of aromatic nitrogens is 1. The maximum Gasteiger partial charge on any atom is 0.338 e. The van der Waals surface area contributed by atoms with Crippen LogP contribution in [0.4, 0.5) is 5.69 Å². The average Bonchev–Trinajstić information content (AvgIpc) is 3.37. The molecule has 0 saturated carbocycles. The molecule has 5 rings (SSSR count). The minimum absolute atomic E-state index is 0.0153. The number of nitrogens with one attached hydrogen (secondary N) is 1. The summed E-state index contributed by atoms with van der Waals surface area (Å²) >= 11 is 7.37. The van der Waals surface area contributed by atoms with Crippen LogP contribution in [-0.4, -0.2) is 32.6 Å². The van der Waals surface area contributed by atoms with Crippen LogP contribution in [-0.2, 0) is 21.4 Å². The molecule has 0 amide bonds. The van der Waals surface area contributed by atoms with Crippen molar-refractivity contribution in [3.8, 4) is 22.1 Å². The monoisotopic (exact) mass is 542 g/mol. The third-order valence-corrected chi connectivity index (χ3v) is 7.76. The predicted molar refractivity (Wildman–Crippen MR) is 136 cm³/mol. The van der Waals surface area contributed by atoms with E-state index >= 15 is 0 Å². The van der Waals surface area contributed by atoms with E-state index in [-0.39, 0.29) is 17.1 Å². The summed E-state index contributed by atoms with van der Waals surface area (Å²) < 4.78 is 44.3. The number of thiazole rings is 1. The smallest absolute Gasteiger partial charge is 0.338 e. The van der Waals surface area contributed by atoms with Crippen LogP contribution < -0.4 is 14.2 Å². The molecule has 0 aliphatic carbocycles. The molecule has 0 saturated heterocycles. The van der Waals surface area contributed by atoms with Crippen LogP contribution in [0.15, 0.2) is 77.0 Å². The predicted octanol–water partition coefficient (Wildman–Crippen LogP) is 5.39. The third-order valence-electron chi connectivity index (χ3n) is 5.19. The number of halogens is 1. The Hall–Kier alpha value is -3.60. The maximum atomic E-state index is 12.8. The molecule has 0 radical (unpaired) electrons. The molecule has 0 fully saturated rings. The number of carbonyl (C=O) groups excluding carboxylic acids is 1. The van der Waals surface area contributed by atoms with Crippen molar-refractivity contribution >= 4 is 44.6 Å². The number of rotatable bonds is 7. The van der Waals surface area contributed by atoms with Crippen molar-refractivity contribution in [3.63, 3.8) is 0 Å². The number of esters is 1. The Kier molecular flexibility index (Phi) is 6.82. The van der Waals surface area contributed by atoms with E-state index in [0.717, 1.165) is 10.6 Å². The Morgan fingerprint density at radius 1 is 1.00 bits per heavy atom. The Labute approximate surface area is 216 Å². The van der Waals surface area contributed by atoms with E-state index < -0.39 is 16.0 Å². The maximum absolute atomic E-state index is 12.8. The van der Waals surface area contributed by atoms with Crippen molar-refractivity contribution in [1.29, 1.82) is 0 Å². The number of sulfonamides is 1. The van der Waals surface area contributed by atoms with Gasteiger partial charge in [-0.15, -0.1) is 11.3 Å². The number of anilines is 1. The van der Waals surface area contributed by atoms with E-state index in [0.29, 0.717) is 41.1 Å². The van der Waals surface area contributed by atoms with E-state index in [2.05, 4.69) is 9.71 Å². The molecule has 1 aromatic heterocycles. The SMILES string of the molecule is O=C(OCc1csc(-c2ccc(Cl)cc2)n1)c1ccc(NS(=O)(=O)c2ccc3c(c2)OCCO3)cc1. The van der Waals surface area contributed by atoms with Gasteiger partial charge in [-0.25, -0.2) is 18.2 Å². The van der Waals surface area contributed by atoms with Crippen LogP contribution in [0, 0.1) is 0 Å². The van der Waals surface area contributed by atoms with Crippen molar-refractivity contribution in [1.82, 2.24) is 4.98 Å². The highest BCUT2D eigenvalue weighted by molar-refractivity contribution is 7.92. The first-order chi connectivity index (χ1) is 17.4. The standard InChI is InChI=1S/C25H19ClN2O6S2/c26-18-5-1-16(2-6-18)24-27-20(15-35-24)14-34-25(29)17-3-7-19(8-4-17)28-36(30,31)21-9-10-22-23(13-21)33-12-11-32-22/h1-10,13,15,28H,11-12,14H2. The highest BCUT2D eigenvalue weighted by atomic mass is 35.5. The molecule has 8 nitrogen and oxygen atoms in total. The molecule has 4 aromatic rings. The molecule has 36 heavy (non-hydrogen) atoms. The number of fused-ring (bicyclic) bond motifs is 1. The van der Waals surface area contributed by atoms with Gasteiger partial charge in [-0.2, -0.15) is 0 Å². The third kappa shape index (κ3) is 5.46. The van der Waals surface area contributed by atoms with Crippen LogP contribution >= 0.6 is 22.9 Å². The number of carbonyl (C=O) groups is 1. The number of ether oxygens (including phenoxy) is 3. The highest BCUT2D eigenvalue weighted by Crippen LogP contribution is 2.33. The van der Waals surface area contributed by atoms with Gasteiger partial charge in [0.15, 0.2) is 11.5 Å². The summed E-state index contributed by atoms with van der Waals surface area (Å²) in [5, 5.41) is 3.27. The van der Waals surface area contributed by atoms with E-state index in [9.17, 15) is 13.2 Å². The number of hydrogen-bond acceptors (Lipinski definition) is 8. The fourth-order valence-electron chi connectivity index (χ4n) is 3.40. The first-order valence-electron chi connectivity index (χ1n) is 10.8. The van der Waals surface area contributed by atoms with Gasteiger partial charge in [0.1, 0.15) is 24.8 Å². The summed E-state index contributed by atoms with van der Waals surface area (Å²) in [5.74, 6) is 0.335. The van der Waals surface area contributed by atoms with Gasteiger partial charge < -0.3 is 14.2 Å². The van der Waals surface area contributed by atoms with E-state index in [1.54, 1.807) is 18.2 Å². The van der Waals surface area contributed by atoms with Crippen molar-refractivity contribution in [2.75, 3.05) is 17.9 Å². The Morgan fingerprint density at radius 3 is 2.47 bits per heavy atom. The molecule has 1 N–H and O–H groups in total. The lowest BCUT2D eigenvalue weighted by molar-refractivity contribution is 0.0468. The van der Waals surface area contributed by atoms with Crippen molar-refractivity contribution in [3.05, 3.63) is 88.4 Å². The zero-order valence-corrected chi connectivity index (χ0v) is 21.0. The zero-order valence-electron chi connectivity index (χ0n) is 18.6. The molecule has 0 atom stereocenters. The second-order valence-corrected chi connectivity index (χ2v) is 10.7. The molecule has 3 aromatic carbocycles. The highest BCUT2D eigenvalue weighted by Gasteiger charge is 2.20. The topological polar surface area (TPSA) is 104 Å². The van der Waals surface area contributed by atoms with Crippen LogP contribution in [0.5, 0.6) is 11.5 Å². The average molecular weight is 543 g/mol. The normalized spacial score (nSPS) is 12.7. The van der Waals surface area contributed by atoms with Gasteiger partial charge in [0.2, 0.25) is 0 Å². The molecule has 0 unspecified atom stereocenters. The summed E-state index contributed by atoms with van der Waals surface area (Å²) in [6, 6.07) is 17.7. The van der Waals surface area contributed by atoms with Gasteiger partial charge in [0.05, 0.1) is 16.2 Å². The molecule has 0 bridgehead atoms.